The van der Waals surface area contributed by atoms with Crippen molar-refractivity contribution < 1.29 is 18.7 Å². The molecule has 5 rings (SSSR count). The zero-order chi connectivity index (χ0) is 24.7. The summed E-state index contributed by atoms with van der Waals surface area (Å²) in [5, 5.41) is 0.520. The molecule has 4 aromatic rings. The summed E-state index contributed by atoms with van der Waals surface area (Å²) in [6, 6.07) is 18.5. The number of amides is 1. The lowest BCUT2D eigenvalue weighted by molar-refractivity contribution is 0.0730. The van der Waals surface area contributed by atoms with Crippen molar-refractivity contribution in [2.45, 2.75) is 26.3 Å². The Balaban J connectivity index is 1.64. The van der Waals surface area contributed by atoms with Gasteiger partial charge in [0.15, 0.2) is 5.43 Å². The summed E-state index contributed by atoms with van der Waals surface area (Å²) in [4.78, 5) is 29.2. The Morgan fingerprint density at radius 2 is 1.66 bits per heavy atom. The third-order valence-electron chi connectivity index (χ3n) is 6.62. The number of aryl methyl sites for hydroxylation is 2. The van der Waals surface area contributed by atoms with E-state index in [1.54, 1.807) is 19.1 Å². The molecule has 0 N–H and O–H groups in total. The molecule has 1 unspecified atom stereocenters. The fourth-order valence-electron chi connectivity index (χ4n) is 4.94. The maximum absolute atomic E-state index is 13.8. The molecule has 0 saturated carbocycles. The summed E-state index contributed by atoms with van der Waals surface area (Å²) < 4.78 is 16.8. The summed E-state index contributed by atoms with van der Waals surface area (Å²) in [6.45, 7) is 4.27. The molecule has 1 amide bonds. The van der Waals surface area contributed by atoms with Crippen LogP contribution in [0.2, 0.25) is 0 Å². The zero-order valence-electron chi connectivity index (χ0n) is 20.3. The van der Waals surface area contributed by atoms with Gasteiger partial charge in [0.25, 0.3) is 5.91 Å². The van der Waals surface area contributed by atoms with Crippen LogP contribution in [0.5, 0.6) is 11.5 Å². The Hall–Kier alpha value is -4.06. The summed E-state index contributed by atoms with van der Waals surface area (Å²) in [7, 11) is 3.23. The van der Waals surface area contributed by atoms with Crippen LogP contribution >= 0.6 is 0 Å². The van der Waals surface area contributed by atoms with Crippen molar-refractivity contribution in [3.05, 3.63) is 104 Å². The first kappa shape index (κ1) is 22.7. The summed E-state index contributed by atoms with van der Waals surface area (Å²) >= 11 is 0. The van der Waals surface area contributed by atoms with Gasteiger partial charge < -0.3 is 18.8 Å². The molecule has 178 valence electrons. The van der Waals surface area contributed by atoms with Crippen LogP contribution in [0.15, 0.2) is 69.9 Å². The van der Waals surface area contributed by atoms with E-state index in [0.717, 1.165) is 28.0 Å². The molecule has 35 heavy (non-hydrogen) atoms. The molecule has 0 radical (unpaired) electrons. The SMILES string of the molecule is COc1ccc(CCN2C(=O)c3oc4cc(C)cc(C)c4c(=O)c3C2c2cccc(OC)c2)cc1. The van der Waals surface area contributed by atoms with E-state index in [2.05, 4.69) is 0 Å². The molecule has 2 heterocycles. The fraction of sp³-hybridized carbons (Fsp3) is 0.241. The number of rotatable bonds is 6. The average molecular weight is 470 g/mol. The highest BCUT2D eigenvalue weighted by atomic mass is 16.5. The maximum atomic E-state index is 13.8. The average Bonchev–Trinajstić information content (AvgIpc) is 3.14. The number of hydrogen-bond donors (Lipinski definition) is 0. The van der Waals surface area contributed by atoms with E-state index < -0.39 is 6.04 Å². The van der Waals surface area contributed by atoms with Gasteiger partial charge in [-0.25, -0.2) is 0 Å². The number of fused-ring (bicyclic) bond motifs is 2. The van der Waals surface area contributed by atoms with Gasteiger partial charge in [-0.1, -0.05) is 30.3 Å². The molecule has 1 aliphatic rings. The Morgan fingerprint density at radius 3 is 2.37 bits per heavy atom. The molecule has 0 saturated heterocycles. The van der Waals surface area contributed by atoms with E-state index in [9.17, 15) is 9.59 Å². The maximum Gasteiger partial charge on any atom is 0.290 e. The number of carbonyl (C=O) groups excluding carboxylic acids is 1. The molecule has 0 bridgehead atoms. The van der Waals surface area contributed by atoms with Crippen LogP contribution in [0.1, 0.15) is 44.4 Å². The van der Waals surface area contributed by atoms with E-state index in [1.807, 2.05) is 74.5 Å². The molecule has 0 spiro atoms. The highest BCUT2D eigenvalue weighted by Crippen LogP contribution is 2.39. The standard InChI is InChI=1S/C29H27NO5/c1-17-14-18(2)24-23(15-17)35-28-25(27(24)31)26(20-6-5-7-22(16-20)34-4)30(29(28)32)13-12-19-8-10-21(33-3)11-9-19/h5-11,14-16,26H,12-13H2,1-4H3. The minimum Gasteiger partial charge on any atom is -0.497 e. The molecule has 6 heteroatoms. The largest absolute Gasteiger partial charge is 0.497 e. The number of ether oxygens (including phenoxy) is 2. The topological polar surface area (TPSA) is 69.0 Å². The Kier molecular flexibility index (Phi) is 5.81. The van der Waals surface area contributed by atoms with Crippen LogP contribution in [0.4, 0.5) is 0 Å². The molecule has 1 atom stereocenters. The third kappa shape index (κ3) is 3.95. The molecule has 1 aromatic heterocycles. The predicted molar refractivity (Wildman–Crippen MR) is 135 cm³/mol. The van der Waals surface area contributed by atoms with Crippen molar-refractivity contribution >= 4 is 16.9 Å². The van der Waals surface area contributed by atoms with Crippen molar-refractivity contribution in [3.8, 4) is 11.5 Å². The van der Waals surface area contributed by atoms with Gasteiger partial charge in [-0.3, -0.25) is 9.59 Å². The number of benzene rings is 3. The second kappa shape index (κ2) is 8.95. The fourth-order valence-corrected chi connectivity index (χ4v) is 4.94. The Morgan fingerprint density at radius 1 is 0.914 bits per heavy atom. The molecular formula is C29H27NO5. The quantitative estimate of drug-likeness (QED) is 0.388. The van der Waals surface area contributed by atoms with Gasteiger partial charge in [-0.2, -0.15) is 0 Å². The van der Waals surface area contributed by atoms with E-state index in [1.165, 1.54) is 0 Å². The van der Waals surface area contributed by atoms with Crippen molar-refractivity contribution in [1.82, 2.24) is 4.90 Å². The number of nitrogens with zero attached hydrogens (tertiary/aromatic N) is 1. The van der Waals surface area contributed by atoms with E-state index in [0.29, 0.717) is 35.2 Å². The number of carbonyl (C=O) groups is 1. The van der Waals surface area contributed by atoms with Crippen LogP contribution in [0.25, 0.3) is 11.0 Å². The van der Waals surface area contributed by atoms with Crippen molar-refractivity contribution in [2.75, 3.05) is 20.8 Å². The first-order valence-corrected chi connectivity index (χ1v) is 11.6. The van der Waals surface area contributed by atoms with Gasteiger partial charge in [0.1, 0.15) is 17.1 Å². The van der Waals surface area contributed by atoms with E-state index in [-0.39, 0.29) is 17.1 Å². The number of methoxy groups -OCH3 is 2. The molecule has 6 nitrogen and oxygen atoms in total. The lowest BCUT2D eigenvalue weighted by atomic mass is 9.96. The lowest BCUT2D eigenvalue weighted by Gasteiger charge is -2.25. The molecule has 3 aromatic carbocycles. The van der Waals surface area contributed by atoms with Gasteiger partial charge in [0, 0.05) is 6.54 Å². The summed E-state index contributed by atoms with van der Waals surface area (Å²) in [5.41, 5.74) is 4.36. The van der Waals surface area contributed by atoms with Crippen LogP contribution in [-0.2, 0) is 6.42 Å². The predicted octanol–water partition coefficient (Wildman–Crippen LogP) is 5.21. The summed E-state index contributed by atoms with van der Waals surface area (Å²) in [6.07, 6.45) is 0.621. The lowest BCUT2D eigenvalue weighted by Crippen LogP contribution is -2.31. The molecule has 1 aliphatic heterocycles. The second-order valence-electron chi connectivity index (χ2n) is 8.90. The number of hydrogen-bond acceptors (Lipinski definition) is 5. The van der Waals surface area contributed by atoms with Gasteiger partial charge in [-0.15, -0.1) is 0 Å². The van der Waals surface area contributed by atoms with Crippen LogP contribution in [0, 0.1) is 13.8 Å². The normalized spacial score (nSPS) is 14.9. The molecule has 0 fully saturated rings. The van der Waals surface area contributed by atoms with E-state index in [4.69, 9.17) is 13.9 Å². The molecular weight excluding hydrogens is 442 g/mol. The van der Waals surface area contributed by atoms with Crippen LogP contribution in [-0.4, -0.2) is 31.6 Å². The van der Waals surface area contributed by atoms with Crippen molar-refractivity contribution in [2.24, 2.45) is 0 Å². The monoisotopic (exact) mass is 469 g/mol. The van der Waals surface area contributed by atoms with Crippen LogP contribution in [0.3, 0.4) is 0 Å². The summed E-state index contributed by atoms with van der Waals surface area (Å²) in [5.74, 6) is 1.28. The Bertz CT molecular complexity index is 1490. The van der Waals surface area contributed by atoms with Gasteiger partial charge in [0.2, 0.25) is 5.76 Å². The van der Waals surface area contributed by atoms with Gasteiger partial charge in [-0.05, 0) is 72.9 Å². The minimum atomic E-state index is -0.563. The van der Waals surface area contributed by atoms with Crippen LogP contribution < -0.4 is 14.9 Å². The van der Waals surface area contributed by atoms with E-state index >= 15 is 0 Å². The highest BCUT2D eigenvalue weighted by Gasteiger charge is 2.42. The van der Waals surface area contributed by atoms with Crippen molar-refractivity contribution in [3.63, 3.8) is 0 Å². The first-order chi connectivity index (χ1) is 16.9. The minimum absolute atomic E-state index is 0.120. The second-order valence-corrected chi connectivity index (χ2v) is 8.90. The van der Waals surface area contributed by atoms with Gasteiger partial charge in [0.05, 0.1) is 31.2 Å². The third-order valence-corrected chi connectivity index (χ3v) is 6.62. The molecule has 0 aliphatic carbocycles. The Labute approximate surface area is 203 Å². The highest BCUT2D eigenvalue weighted by molar-refractivity contribution is 5.99. The van der Waals surface area contributed by atoms with Crippen molar-refractivity contribution in [1.29, 1.82) is 0 Å². The first-order valence-electron chi connectivity index (χ1n) is 11.6. The van der Waals surface area contributed by atoms with Gasteiger partial charge >= 0.3 is 0 Å². The zero-order valence-corrected chi connectivity index (χ0v) is 20.3. The smallest absolute Gasteiger partial charge is 0.290 e.